The van der Waals surface area contributed by atoms with Gasteiger partial charge in [0.2, 0.25) is 0 Å². The average molecular weight is 195 g/mol. The van der Waals surface area contributed by atoms with Crippen LogP contribution in [0.1, 0.15) is 23.7 Å². The maximum atomic E-state index is 9.79. The van der Waals surface area contributed by atoms with Gasteiger partial charge in [-0.3, -0.25) is 0 Å². The molecule has 78 valence electrons. The first-order chi connectivity index (χ1) is 6.70. The van der Waals surface area contributed by atoms with Crippen LogP contribution in [0.2, 0.25) is 0 Å². The fraction of sp³-hybridized carbons (Fsp3) is 0.455. The lowest BCUT2D eigenvalue weighted by Gasteiger charge is -2.14. The molecule has 0 aliphatic rings. The molecule has 0 bridgehead atoms. The SMILES string of the molecule is COc1cccc(C(O)CCN)c1C. The topological polar surface area (TPSA) is 55.5 Å². The molecular weight excluding hydrogens is 178 g/mol. The quantitative estimate of drug-likeness (QED) is 0.763. The molecule has 0 heterocycles. The van der Waals surface area contributed by atoms with Gasteiger partial charge >= 0.3 is 0 Å². The number of methoxy groups -OCH3 is 1. The van der Waals surface area contributed by atoms with Crippen molar-refractivity contribution in [2.45, 2.75) is 19.4 Å². The van der Waals surface area contributed by atoms with Crippen LogP contribution in [0.4, 0.5) is 0 Å². The first kappa shape index (κ1) is 11.0. The maximum Gasteiger partial charge on any atom is 0.122 e. The van der Waals surface area contributed by atoms with Gasteiger partial charge < -0.3 is 15.6 Å². The van der Waals surface area contributed by atoms with E-state index in [2.05, 4.69) is 0 Å². The van der Waals surface area contributed by atoms with E-state index < -0.39 is 6.10 Å². The summed E-state index contributed by atoms with van der Waals surface area (Å²) >= 11 is 0. The standard InChI is InChI=1S/C11H17NO2/c1-8-9(10(13)6-7-12)4-3-5-11(8)14-2/h3-5,10,13H,6-7,12H2,1-2H3. The van der Waals surface area contributed by atoms with Crippen molar-refractivity contribution in [2.24, 2.45) is 5.73 Å². The van der Waals surface area contributed by atoms with Crippen LogP contribution in [-0.4, -0.2) is 18.8 Å². The Morgan fingerprint density at radius 1 is 1.50 bits per heavy atom. The summed E-state index contributed by atoms with van der Waals surface area (Å²) in [6, 6.07) is 5.66. The van der Waals surface area contributed by atoms with Gasteiger partial charge in [-0.25, -0.2) is 0 Å². The Morgan fingerprint density at radius 2 is 2.21 bits per heavy atom. The Bertz CT molecular complexity index is 299. The molecule has 0 saturated carbocycles. The van der Waals surface area contributed by atoms with Crippen molar-refractivity contribution >= 4 is 0 Å². The number of ether oxygens (including phenoxy) is 1. The van der Waals surface area contributed by atoms with Crippen LogP contribution < -0.4 is 10.5 Å². The van der Waals surface area contributed by atoms with E-state index in [1.54, 1.807) is 7.11 Å². The van der Waals surface area contributed by atoms with Gasteiger partial charge in [0.15, 0.2) is 0 Å². The molecule has 0 radical (unpaired) electrons. The zero-order valence-electron chi connectivity index (χ0n) is 8.66. The number of aliphatic hydroxyl groups excluding tert-OH is 1. The predicted octanol–water partition coefficient (Wildman–Crippen LogP) is 1.39. The van der Waals surface area contributed by atoms with Gasteiger partial charge in [0.25, 0.3) is 0 Å². The van der Waals surface area contributed by atoms with E-state index in [4.69, 9.17) is 10.5 Å². The molecule has 0 spiro atoms. The molecule has 0 saturated heterocycles. The fourth-order valence-electron chi connectivity index (χ4n) is 1.53. The minimum atomic E-state index is -0.491. The molecule has 0 aliphatic carbocycles. The van der Waals surface area contributed by atoms with Crippen molar-refractivity contribution in [1.82, 2.24) is 0 Å². The molecule has 1 atom stereocenters. The maximum absolute atomic E-state index is 9.79. The van der Waals surface area contributed by atoms with Gasteiger partial charge in [0, 0.05) is 0 Å². The molecule has 1 unspecified atom stereocenters. The van der Waals surface area contributed by atoms with Crippen molar-refractivity contribution in [3.05, 3.63) is 29.3 Å². The van der Waals surface area contributed by atoms with Gasteiger partial charge in [-0.2, -0.15) is 0 Å². The highest BCUT2D eigenvalue weighted by Gasteiger charge is 2.11. The van der Waals surface area contributed by atoms with Gasteiger partial charge in [-0.1, -0.05) is 12.1 Å². The second-order valence-corrected chi connectivity index (χ2v) is 3.27. The molecule has 0 amide bonds. The monoisotopic (exact) mass is 195 g/mol. The summed E-state index contributed by atoms with van der Waals surface area (Å²) in [5, 5.41) is 9.79. The number of benzene rings is 1. The fourth-order valence-corrected chi connectivity index (χ4v) is 1.53. The Hall–Kier alpha value is -1.06. The summed E-state index contributed by atoms with van der Waals surface area (Å²) < 4.78 is 5.17. The normalized spacial score (nSPS) is 12.6. The lowest BCUT2D eigenvalue weighted by Crippen LogP contribution is -2.08. The molecule has 0 fully saturated rings. The van der Waals surface area contributed by atoms with E-state index in [1.165, 1.54) is 0 Å². The summed E-state index contributed by atoms with van der Waals surface area (Å²) in [4.78, 5) is 0. The highest BCUT2D eigenvalue weighted by molar-refractivity contribution is 5.40. The zero-order valence-corrected chi connectivity index (χ0v) is 8.66. The van der Waals surface area contributed by atoms with E-state index in [-0.39, 0.29) is 0 Å². The van der Waals surface area contributed by atoms with Crippen LogP contribution in [0.25, 0.3) is 0 Å². The number of hydrogen-bond donors (Lipinski definition) is 2. The molecule has 1 aromatic carbocycles. The van der Waals surface area contributed by atoms with Crippen LogP contribution in [0.3, 0.4) is 0 Å². The van der Waals surface area contributed by atoms with E-state index in [0.717, 1.165) is 16.9 Å². The van der Waals surface area contributed by atoms with Crippen molar-refractivity contribution in [2.75, 3.05) is 13.7 Å². The summed E-state index contributed by atoms with van der Waals surface area (Å²) in [7, 11) is 1.63. The predicted molar refractivity (Wildman–Crippen MR) is 56.4 cm³/mol. The van der Waals surface area contributed by atoms with Crippen molar-refractivity contribution in [3.63, 3.8) is 0 Å². The second-order valence-electron chi connectivity index (χ2n) is 3.27. The molecule has 1 aromatic rings. The van der Waals surface area contributed by atoms with Crippen LogP contribution in [0.15, 0.2) is 18.2 Å². The Morgan fingerprint density at radius 3 is 2.79 bits per heavy atom. The Balaban J connectivity index is 2.96. The number of nitrogens with two attached hydrogens (primary N) is 1. The van der Waals surface area contributed by atoms with Crippen LogP contribution in [-0.2, 0) is 0 Å². The molecule has 3 nitrogen and oxygen atoms in total. The van der Waals surface area contributed by atoms with E-state index >= 15 is 0 Å². The zero-order chi connectivity index (χ0) is 10.6. The summed E-state index contributed by atoms with van der Waals surface area (Å²) in [6.45, 7) is 2.42. The third kappa shape index (κ3) is 2.25. The lowest BCUT2D eigenvalue weighted by molar-refractivity contribution is 0.169. The van der Waals surface area contributed by atoms with Gasteiger partial charge in [-0.05, 0) is 37.1 Å². The first-order valence-electron chi connectivity index (χ1n) is 4.72. The molecule has 3 heteroatoms. The highest BCUT2D eigenvalue weighted by Crippen LogP contribution is 2.26. The summed E-state index contributed by atoms with van der Waals surface area (Å²) in [5.74, 6) is 0.804. The second kappa shape index (κ2) is 4.98. The minimum absolute atomic E-state index is 0.484. The first-order valence-corrected chi connectivity index (χ1v) is 4.72. The van der Waals surface area contributed by atoms with Gasteiger partial charge in [0.05, 0.1) is 13.2 Å². The molecule has 1 rings (SSSR count). The number of hydrogen-bond acceptors (Lipinski definition) is 3. The molecule has 14 heavy (non-hydrogen) atoms. The molecule has 0 aromatic heterocycles. The van der Waals surface area contributed by atoms with Crippen LogP contribution in [0, 0.1) is 6.92 Å². The minimum Gasteiger partial charge on any atom is -0.496 e. The highest BCUT2D eigenvalue weighted by atomic mass is 16.5. The van der Waals surface area contributed by atoms with E-state index in [0.29, 0.717) is 13.0 Å². The molecule has 0 aliphatic heterocycles. The van der Waals surface area contributed by atoms with E-state index in [9.17, 15) is 5.11 Å². The smallest absolute Gasteiger partial charge is 0.122 e. The largest absolute Gasteiger partial charge is 0.496 e. The van der Waals surface area contributed by atoms with E-state index in [1.807, 2.05) is 25.1 Å². The summed E-state index contributed by atoms with van der Waals surface area (Å²) in [6.07, 6.45) is 0.0867. The number of aliphatic hydroxyl groups is 1. The Labute approximate surface area is 84.5 Å². The number of rotatable bonds is 4. The van der Waals surface area contributed by atoms with Crippen molar-refractivity contribution in [3.8, 4) is 5.75 Å². The average Bonchev–Trinajstić information content (AvgIpc) is 2.18. The van der Waals surface area contributed by atoms with Crippen molar-refractivity contribution in [1.29, 1.82) is 0 Å². The third-order valence-corrected chi connectivity index (χ3v) is 2.35. The Kier molecular flexibility index (Phi) is 3.92. The van der Waals surface area contributed by atoms with Gasteiger partial charge in [-0.15, -0.1) is 0 Å². The molecule has 3 N–H and O–H groups in total. The third-order valence-electron chi connectivity index (χ3n) is 2.35. The van der Waals surface area contributed by atoms with Crippen molar-refractivity contribution < 1.29 is 9.84 Å². The van der Waals surface area contributed by atoms with Crippen LogP contribution in [0.5, 0.6) is 5.75 Å². The summed E-state index contributed by atoms with van der Waals surface area (Å²) in [5.41, 5.74) is 7.28. The lowest BCUT2D eigenvalue weighted by atomic mass is 10.0. The van der Waals surface area contributed by atoms with Crippen LogP contribution >= 0.6 is 0 Å². The molecular formula is C11H17NO2. The van der Waals surface area contributed by atoms with Gasteiger partial charge in [0.1, 0.15) is 5.75 Å².